The topological polar surface area (TPSA) is 4.93 Å². The second-order valence-electron chi connectivity index (χ2n) is 7.86. The number of nitrogens with zero attached hydrogens (tertiary/aromatic N) is 1. The van der Waals surface area contributed by atoms with E-state index in [1.165, 1.54) is 60.6 Å². The SMILES string of the molecule is Cc1ccc2c(c1)B1c3c-2cccc3-n2c3ccccc3c3cccc1c32. The van der Waals surface area contributed by atoms with E-state index in [1.54, 1.807) is 0 Å². The maximum Gasteiger partial charge on any atom is 0.248 e. The number of rotatable bonds is 0. The molecule has 4 aromatic carbocycles. The van der Waals surface area contributed by atoms with Crippen LogP contribution in [0.5, 0.6) is 0 Å². The highest BCUT2D eigenvalue weighted by atomic mass is 15.0. The largest absolute Gasteiger partial charge is 0.310 e. The van der Waals surface area contributed by atoms with Gasteiger partial charge in [-0.15, -0.1) is 0 Å². The van der Waals surface area contributed by atoms with Crippen molar-refractivity contribution in [2.45, 2.75) is 6.92 Å². The summed E-state index contributed by atoms with van der Waals surface area (Å²) in [6.45, 7) is 2.54. The van der Waals surface area contributed by atoms with Crippen molar-refractivity contribution < 1.29 is 0 Å². The van der Waals surface area contributed by atoms with Crippen molar-refractivity contribution in [1.29, 1.82) is 0 Å². The predicted octanol–water partition coefficient (Wildman–Crippen LogP) is 3.90. The Bertz CT molecular complexity index is 1440. The van der Waals surface area contributed by atoms with E-state index >= 15 is 0 Å². The number of benzene rings is 4. The predicted molar refractivity (Wildman–Crippen MR) is 116 cm³/mol. The van der Waals surface area contributed by atoms with Crippen LogP contribution in [-0.2, 0) is 0 Å². The molecule has 124 valence electrons. The van der Waals surface area contributed by atoms with Gasteiger partial charge in [-0.2, -0.15) is 0 Å². The molecular formula is C25H16BN. The molecule has 0 spiro atoms. The third-order valence-corrected chi connectivity index (χ3v) is 6.46. The first-order valence-corrected chi connectivity index (χ1v) is 9.59. The Kier molecular flexibility index (Phi) is 2.33. The molecule has 2 aliphatic rings. The molecule has 0 N–H and O–H groups in total. The smallest absolute Gasteiger partial charge is 0.248 e. The van der Waals surface area contributed by atoms with Gasteiger partial charge in [-0.05, 0) is 41.1 Å². The van der Waals surface area contributed by atoms with E-state index in [0.29, 0.717) is 6.71 Å². The summed E-state index contributed by atoms with van der Waals surface area (Å²) in [4.78, 5) is 0. The molecule has 0 bridgehead atoms. The molecule has 0 saturated carbocycles. The van der Waals surface area contributed by atoms with Crippen LogP contribution in [0.4, 0.5) is 0 Å². The van der Waals surface area contributed by atoms with Crippen LogP contribution < -0.4 is 16.4 Å². The van der Waals surface area contributed by atoms with E-state index in [-0.39, 0.29) is 0 Å². The fourth-order valence-corrected chi connectivity index (χ4v) is 5.46. The van der Waals surface area contributed by atoms with Crippen molar-refractivity contribution in [2.75, 3.05) is 0 Å². The zero-order chi connectivity index (χ0) is 17.7. The molecular weight excluding hydrogens is 325 g/mol. The number of hydrogen-bond acceptors (Lipinski definition) is 0. The Morgan fingerprint density at radius 2 is 1.56 bits per heavy atom. The lowest BCUT2D eigenvalue weighted by Crippen LogP contribution is -2.53. The fourth-order valence-electron chi connectivity index (χ4n) is 5.46. The molecule has 0 atom stereocenters. The highest BCUT2D eigenvalue weighted by molar-refractivity contribution is 7.01. The van der Waals surface area contributed by atoms with Crippen molar-refractivity contribution in [1.82, 2.24) is 4.57 Å². The Labute approximate surface area is 158 Å². The molecule has 0 amide bonds. The number of aryl methyl sites for hydroxylation is 1. The summed E-state index contributed by atoms with van der Waals surface area (Å²) < 4.78 is 2.49. The van der Waals surface area contributed by atoms with Gasteiger partial charge in [0.2, 0.25) is 6.71 Å². The summed E-state index contributed by atoms with van der Waals surface area (Å²) in [5, 5.41) is 2.71. The summed E-state index contributed by atoms with van der Waals surface area (Å²) in [7, 11) is 0. The maximum atomic E-state index is 2.49. The Morgan fingerprint density at radius 1 is 0.704 bits per heavy atom. The number of para-hydroxylation sites is 2. The first kappa shape index (κ1) is 13.9. The van der Waals surface area contributed by atoms with Crippen LogP contribution in [0.1, 0.15) is 5.56 Å². The quantitative estimate of drug-likeness (QED) is 0.369. The molecule has 3 heterocycles. The molecule has 0 radical (unpaired) electrons. The van der Waals surface area contributed by atoms with E-state index in [1.807, 2.05) is 0 Å². The molecule has 1 aromatic heterocycles. The molecule has 2 heteroatoms. The van der Waals surface area contributed by atoms with Crippen LogP contribution in [0.25, 0.3) is 38.6 Å². The van der Waals surface area contributed by atoms with E-state index in [2.05, 4.69) is 90.4 Å². The van der Waals surface area contributed by atoms with Gasteiger partial charge in [0.25, 0.3) is 0 Å². The first-order valence-electron chi connectivity index (χ1n) is 9.59. The average molecular weight is 341 g/mol. The lowest BCUT2D eigenvalue weighted by Gasteiger charge is -2.24. The van der Waals surface area contributed by atoms with Gasteiger partial charge in [0, 0.05) is 22.0 Å². The Hall–Kier alpha value is -3.26. The van der Waals surface area contributed by atoms with Gasteiger partial charge in [-0.3, -0.25) is 0 Å². The minimum absolute atomic E-state index is 0.339. The van der Waals surface area contributed by atoms with Gasteiger partial charge < -0.3 is 4.57 Å². The van der Waals surface area contributed by atoms with E-state index < -0.39 is 0 Å². The zero-order valence-electron chi connectivity index (χ0n) is 15.0. The third-order valence-electron chi connectivity index (χ3n) is 6.46. The summed E-state index contributed by atoms with van der Waals surface area (Å²) in [5.74, 6) is 0. The van der Waals surface area contributed by atoms with Crippen LogP contribution in [0.3, 0.4) is 0 Å². The molecule has 0 fully saturated rings. The second kappa shape index (κ2) is 4.53. The summed E-state index contributed by atoms with van der Waals surface area (Å²) in [6, 6.07) is 29.4. The molecule has 0 aliphatic carbocycles. The Morgan fingerprint density at radius 3 is 2.52 bits per heavy atom. The summed E-state index contributed by atoms with van der Waals surface area (Å²) >= 11 is 0. The van der Waals surface area contributed by atoms with Crippen molar-refractivity contribution in [3.05, 3.63) is 84.4 Å². The maximum absolute atomic E-state index is 2.49. The van der Waals surface area contributed by atoms with Gasteiger partial charge in [0.05, 0.1) is 5.52 Å². The van der Waals surface area contributed by atoms with Crippen LogP contribution >= 0.6 is 0 Å². The normalized spacial score (nSPS) is 13.3. The fraction of sp³-hybridized carbons (Fsp3) is 0.0400. The van der Waals surface area contributed by atoms with Gasteiger partial charge in [-0.25, -0.2) is 0 Å². The van der Waals surface area contributed by atoms with E-state index in [4.69, 9.17) is 0 Å². The number of aromatic nitrogens is 1. The standard InChI is InChI=1S/C25H16BN/c1-15-12-13-16-18-7-5-11-23-24(18)26(21(16)14-15)20-9-4-8-19-17-6-2-3-10-22(17)27(23)25(19)20/h2-14H,1H3. The van der Waals surface area contributed by atoms with Gasteiger partial charge in [0.1, 0.15) is 0 Å². The molecule has 7 rings (SSSR count). The molecule has 1 nitrogen and oxygen atoms in total. The molecule has 0 saturated heterocycles. The van der Waals surface area contributed by atoms with Crippen LogP contribution in [-0.4, -0.2) is 11.3 Å². The minimum Gasteiger partial charge on any atom is -0.310 e. The van der Waals surface area contributed by atoms with Crippen molar-refractivity contribution >= 4 is 44.9 Å². The van der Waals surface area contributed by atoms with E-state index in [9.17, 15) is 0 Å². The molecule has 5 aromatic rings. The highest BCUT2D eigenvalue weighted by Crippen LogP contribution is 2.36. The second-order valence-corrected chi connectivity index (χ2v) is 7.86. The van der Waals surface area contributed by atoms with Gasteiger partial charge >= 0.3 is 0 Å². The summed E-state index contributed by atoms with van der Waals surface area (Å²) in [5.41, 5.74) is 12.5. The molecule has 27 heavy (non-hydrogen) atoms. The number of fused-ring (bicyclic) bond motifs is 8. The van der Waals surface area contributed by atoms with Crippen molar-refractivity contribution in [3.63, 3.8) is 0 Å². The van der Waals surface area contributed by atoms with Gasteiger partial charge in [0.15, 0.2) is 0 Å². The lowest BCUT2D eigenvalue weighted by molar-refractivity contribution is 1.19. The van der Waals surface area contributed by atoms with E-state index in [0.717, 1.165) is 0 Å². The third kappa shape index (κ3) is 1.50. The Balaban J connectivity index is 1.77. The van der Waals surface area contributed by atoms with Crippen molar-refractivity contribution in [3.8, 4) is 16.8 Å². The van der Waals surface area contributed by atoms with Crippen LogP contribution in [0.2, 0.25) is 0 Å². The average Bonchev–Trinajstić information content (AvgIpc) is 3.21. The first-order chi connectivity index (χ1) is 13.3. The number of hydrogen-bond donors (Lipinski definition) is 0. The minimum atomic E-state index is 0.339. The summed E-state index contributed by atoms with van der Waals surface area (Å²) in [6.07, 6.45) is 0. The van der Waals surface area contributed by atoms with Crippen LogP contribution in [0.15, 0.2) is 78.9 Å². The molecule has 2 aliphatic heterocycles. The van der Waals surface area contributed by atoms with Gasteiger partial charge in [-0.1, -0.05) is 77.8 Å². The molecule has 0 unspecified atom stereocenters. The zero-order valence-corrected chi connectivity index (χ0v) is 15.0. The van der Waals surface area contributed by atoms with Crippen molar-refractivity contribution in [2.24, 2.45) is 0 Å². The monoisotopic (exact) mass is 341 g/mol. The van der Waals surface area contributed by atoms with Crippen LogP contribution in [0, 0.1) is 6.92 Å². The lowest BCUT2D eigenvalue weighted by atomic mass is 9.37. The highest BCUT2D eigenvalue weighted by Gasteiger charge is 2.40.